The molecule has 0 aromatic carbocycles. The Labute approximate surface area is 189 Å². The van der Waals surface area contributed by atoms with Crippen LogP contribution in [0.3, 0.4) is 0 Å². The van der Waals surface area contributed by atoms with Gasteiger partial charge in [0.25, 0.3) is 0 Å². The van der Waals surface area contributed by atoms with Crippen molar-refractivity contribution in [3.63, 3.8) is 0 Å². The molecular formula is C27H42N2O2. The van der Waals surface area contributed by atoms with Crippen molar-refractivity contribution in [3.8, 4) is 0 Å². The number of hydrogen-bond donors (Lipinski definition) is 4. The highest BCUT2D eigenvalue weighted by Crippen LogP contribution is 2.23. The highest BCUT2D eigenvalue weighted by Gasteiger charge is 2.24. The third-order valence-corrected chi connectivity index (χ3v) is 5.87. The van der Waals surface area contributed by atoms with Crippen LogP contribution in [0.1, 0.15) is 72.6 Å². The summed E-state index contributed by atoms with van der Waals surface area (Å²) in [4.78, 5) is 0. The van der Waals surface area contributed by atoms with Crippen LogP contribution in [0.5, 0.6) is 0 Å². The van der Waals surface area contributed by atoms with Gasteiger partial charge in [-0.1, -0.05) is 73.6 Å². The zero-order valence-corrected chi connectivity index (χ0v) is 19.8. The SMILES string of the molecule is C/C=C(\C=C/CC)CCC(O)NC1=CCC(NC(C)(O)CCC2=CCC(C)C=C2)C=C1. The Balaban J connectivity index is 1.72. The van der Waals surface area contributed by atoms with Crippen LogP contribution in [0.15, 0.2) is 71.5 Å². The molecule has 0 aromatic rings. The minimum atomic E-state index is -0.917. The molecule has 4 heteroatoms. The normalized spacial score (nSPS) is 24.6. The molecule has 0 saturated carbocycles. The quantitative estimate of drug-likeness (QED) is 0.249. The molecule has 0 aromatic heterocycles. The second-order valence-electron chi connectivity index (χ2n) is 9.00. The molecule has 0 aliphatic heterocycles. The molecular weight excluding hydrogens is 384 g/mol. The van der Waals surface area contributed by atoms with E-state index >= 15 is 0 Å². The van der Waals surface area contributed by atoms with Gasteiger partial charge in [0.05, 0.1) is 0 Å². The summed E-state index contributed by atoms with van der Waals surface area (Å²) in [6.07, 6.45) is 24.6. The van der Waals surface area contributed by atoms with Gasteiger partial charge in [0.15, 0.2) is 0 Å². The van der Waals surface area contributed by atoms with Gasteiger partial charge in [0.1, 0.15) is 12.0 Å². The van der Waals surface area contributed by atoms with Crippen molar-refractivity contribution in [2.75, 3.05) is 0 Å². The molecule has 0 spiro atoms. The van der Waals surface area contributed by atoms with E-state index < -0.39 is 12.0 Å². The predicted octanol–water partition coefficient (Wildman–Crippen LogP) is 5.40. The average molecular weight is 427 g/mol. The number of allylic oxidation sites excluding steroid dienone is 9. The van der Waals surface area contributed by atoms with Crippen LogP contribution in [0, 0.1) is 5.92 Å². The van der Waals surface area contributed by atoms with E-state index in [9.17, 15) is 10.2 Å². The van der Waals surface area contributed by atoms with Crippen molar-refractivity contribution in [2.24, 2.45) is 5.92 Å². The number of aliphatic hydroxyl groups is 2. The second kappa shape index (κ2) is 12.8. The lowest BCUT2D eigenvalue weighted by Gasteiger charge is -2.31. The van der Waals surface area contributed by atoms with Crippen LogP contribution in [0.25, 0.3) is 0 Å². The van der Waals surface area contributed by atoms with E-state index in [4.69, 9.17) is 0 Å². The molecule has 0 bridgehead atoms. The van der Waals surface area contributed by atoms with Crippen molar-refractivity contribution < 1.29 is 10.2 Å². The van der Waals surface area contributed by atoms with Crippen molar-refractivity contribution in [1.82, 2.24) is 10.6 Å². The smallest absolute Gasteiger partial charge is 0.124 e. The molecule has 0 fully saturated rings. The van der Waals surface area contributed by atoms with Crippen LogP contribution in [0.4, 0.5) is 0 Å². The molecule has 4 atom stereocenters. The zero-order valence-electron chi connectivity index (χ0n) is 19.8. The topological polar surface area (TPSA) is 64.5 Å². The maximum atomic E-state index is 10.8. The number of hydrogen-bond acceptors (Lipinski definition) is 4. The average Bonchev–Trinajstić information content (AvgIpc) is 2.75. The third kappa shape index (κ3) is 9.86. The third-order valence-electron chi connectivity index (χ3n) is 5.87. The fourth-order valence-corrected chi connectivity index (χ4v) is 3.81. The Kier molecular flexibility index (Phi) is 10.5. The van der Waals surface area contributed by atoms with E-state index in [-0.39, 0.29) is 6.04 Å². The van der Waals surface area contributed by atoms with Crippen LogP contribution in [-0.2, 0) is 0 Å². The van der Waals surface area contributed by atoms with Gasteiger partial charge in [-0.2, -0.15) is 0 Å². The highest BCUT2D eigenvalue weighted by atomic mass is 16.3. The first-order chi connectivity index (χ1) is 14.8. The maximum Gasteiger partial charge on any atom is 0.124 e. The van der Waals surface area contributed by atoms with Gasteiger partial charge >= 0.3 is 0 Å². The van der Waals surface area contributed by atoms with Gasteiger partial charge in [0.2, 0.25) is 0 Å². The summed E-state index contributed by atoms with van der Waals surface area (Å²) in [5.74, 6) is 0.617. The Hall–Kier alpha value is -1.88. The molecule has 2 rings (SSSR count). The van der Waals surface area contributed by atoms with Gasteiger partial charge in [-0.25, -0.2) is 0 Å². The van der Waals surface area contributed by atoms with Crippen molar-refractivity contribution in [3.05, 3.63) is 71.5 Å². The molecule has 2 aliphatic carbocycles. The fraction of sp³-hybridized carbons (Fsp3) is 0.556. The van der Waals surface area contributed by atoms with Crippen LogP contribution < -0.4 is 10.6 Å². The number of aliphatic hydroxyl groups excluding tert-OH is 1. The van der Waals surface area contributed by atoms with Gasteiger partial charge < -0.3 is 15.5 Å². The van der Waals surface area contributed by atoms with Crippen molar-refractivity contribution >= 4 is 0 Å². The lowest BCUT2D eigenvalue weighted by atomic mass is 9.94. The summed E-state index contributed by atoms with van der Waals surface area (Å²) in [6, 6.07) is 0.0856. The van der Waals surface area contributed by atoms with Crippen LogP contribution in [-0.4, -0.2) is 28.2 Å². The molecule has 0 heterocycles. The van der Waals surface area contributed by atoms with Gasteiger partial charge in [-0.3, -0.25) is 5.32 Å². The van der Waals surface area contributed by atoms with Gasteiger partial charge in [-0.15, -0.1) is 0 Å². The Bertz CT molecular complexity index is 740. The maximum absolute atomic E-state index is 10.8. The van der Waals surface area contributed by atoms with E-state index in [2.05, 4.69) is 73.1 Å². The Morgan fingerprint density at radius 1 is 1.26 bits per heavy atom. The summed E-state index contributed by atoms with van der Waals surface area (Å²) in [5, 5.41) is 27.6. The monoisotopic (exact) mass is 426 g/mol. The minimum absolute atomic E-state index is 0.0856. The highest BCUT2D eigenvalue weighted by molar-refractivity contribution is 5.25. The Morgan fingerprint density at radius 3 is 2.68 bits per heavy atom. The largest absolute Gasteiger partial charge is 0.376 e. The molecule has 172 valence electrons. The first-order valence-corrected chi connectivity index (χ1v) is 11.8. The summed E-state index contributed by atoms with van der Waals surface area (Å²) in [6.45, 7) is 8.23. The van der Waals surface area contributed by atoms with E-state index in [0.717, 1.165) is 37.8 Å². The second-order valence-corrected chi connectivity index (χ2v) is 9.00. The first kappa shape index (κ1) is 25.4. The molecule has 4 unspecified atom stereocenters. The molecule has 31 heavy (non-hydrogen) atoms. The van der Waals surface area contributed by atoms with E-state index in [1.54, 1.807) is 0 Å². The van der Waals surface area contributed by atoms with Crippen molar-refractivity contribution in [1.29, 1.82) is 0 Å². The Morgan fingerprint density at radius 2 is 2.06 bits per heavy atom. The van der Waals surface area contributed by atoms with Crippen molar-refractivity contribution in [2.45, 2.75) is 90.6 Å². The van der Waals surface area contributed by atoms with E-state index in [1.807, 2.05) is 19.9 Å². The lowest BCUT2D eigenvalue weighted by Crippen LogP contribution is -2.48. The summed E-state index contributed by atoms with van der Waals surface area (Å²) >= 11 is 0. The fourth-order valence-electron chi connectivity index (χ4n) is 3.81. The van der Waals surface area contributed by atoms with Crippen LogP contribution in [0.2, 0.25) is 0 Å². The van der Waals surface area contributed by atoms with E-state index in [1.165, 1.54) is 11.1 Å². The molecule has 2 aliphatic rings. The first-order valence-electron chi connectivity index (χ1n) is 11.8. The van der Waals surface area contributed by atoms with E-state index in [0.29, 0.717) is 18.8 Å². The predicted molar refractivity (Wildman–Crippen MR) is 131 cm³/mol. The summed E-state index contributed by atoms with van der Waals surface area (Å²) in [5.41, 5.74) is 2.57. The molecule has 4 N–H and O–H groups in total. The number of nitrogens with one attached hydrogen (secondary N) is 2. The molecule has 0 saturated heterocycles. The summed E-state index contributed by atoms with van der Waals surface area (Å²) < 4.78 is 0. The molecule has 4 nitrogen and oxygen atoms in total. The molecule has 0 amide bonds. The minimum Gasteiger partial charge on any atom is -0.376 e. The van der Waals surface area contributed by atoms with Crippen LogP contribution >= 0.6 is 0 Å². The number of rotatable bonds is 12. The zero-order chi connectivity index (χ0) is 22.7. The van der Waals surface area contributed by atoms with Gasteiger partial charge in [-0.05, 0) is 70.8 Å². The lowest BCUT2D eigenvalue weighted by molar-refractivity contribution is 0.00950. The standard InChI is InChI=1S/C27H42N2O2/c1-5-7-8-22(6-2)13-18-26(30)28-24-14-16-25(17-15-24)29-27(4,31)20-19-23-11-9-21(3)10-12-23/h6-9,11-12,14-16,21,25-26,28-31H,5,10,13,17-20H2,1-4H3/b8-7-,22-6+. The summed E-state index contributed by atoms with van der Waals surface area (Å²) in [7, 11) is 0. The van der Waals surface area contributed by atoms with Gasteiger partial charge in [0, 0.05) is 11.7 Å². The molecule has 0 radical (unpaired) electrons.